The molecule has 0 N–H and O–H groups in total. The van der Waals surface area contributed by atoms with E-state index in [1.54, 1.807) is 0 Å². The summed E-state index contributed by atoms with van der Waals surface area (Å²) >= 11 is 0. The summed E-state index contributed by atoms with van der Waals surface area (Å²) in [6.07, 6.45) is 48.0. The van der Waals surface area contributed by atoms with E-state index in [-0.39, 0.29) is 31.1 Å². The molecule has 2 atom stereocenters. The van der Waals surface area contributed by atoms with Crippen molar-refractivity contribution in [1.29, 1.82) is 0 Å². The predicted octanol–water partition coefficient (Wildman–Crippen LogP) is 17.9. The Kier molecular flexibility index (Phi) is 46.2. The van der Waals surface area contributed by atoms with E-state index >= 15 is 0 Å². The van der Waals surface area contributed by atoms with Crippen LogP contribution in [0.25, 0.3) is 0 Å². The average Bonchev–Trinajstić information content (AvgIpc) is 3.24. The van der Waals surface area contributed by atoms with Crippen LogP contribution < -0.4 is 0 Å². The highest BCUT2D eigenvalue weighted by atomic mass is 16.6. The van der Waals surface area contributed by atoms with Gasteiger partial charge in [0, 0.05) is 19.3 Å². The van der Waals surface area contributed by atoms with E-state index in [1.807, 2.05) is 0 Å². The number of hydrogen-bond donors (Lipinski definition) is 0. The molecule has 0 fully saturated rings. The normalized spacial score (nSPS) is 12.6. The Morgan fingerprint density at radius 2 is 0.565 bits per heavy atom. The first-order valence-electron chi connectivity index (χ1n) is 27.6. The highest BCUT2D eigenvalue weighted by Gasteiger charge is 2.19. The molecule has 0 saturated carbocycles. The van der Waals surface area contributed by atoms with Crippen LogP contribution in [-0.2, 0) is 28.6 Å². The summed E-state index contributed by atoms with van der Waals surface area (Å²) < 4.78 is 16.9. The van der Waals surface area contributed by atoms with E-state index in [0.29, 0.717) is 19.3 Å². The lowest BCUT2D eigenvalue weighted by Gasteiger charge is -2.18. The van der Waals surface area contributed by atoms with Gasteiger partial charge in [-0.3, -0.25) is 14.4 Å². The van der Waals surface area contributed by atoms with Gasteiger partial charge in [-0.05, 0) is 37.0 Å². The van der Waals surface area contributed by atoms with Crippen LogP contribution in [0.3, 0.4) is 0 Å². The highest BCUT2D eigenvalue weighted by molar-refractivity contribution is 5.71. The third-order valence-electron chi connectivity index (χ3n) is 13.0. The molecule has 0 saturated heterocycles. The van der Waals surface area contributed by atoms with Gasteiger partial charge >= 0.3 is 17.9 Å². The summed E-state index contributed by atoms with van der Waals surface area (Å²) in [5, 5.41) is 0. The summed E-state index contributed by atoms with van der Waals surface area (Å²) in [5.41, 5.74) is 0. The number of ether oxygens (including phenoxy) is 3. The van der Waals surface area contributed by atoms with Crippen LogP contribution in [0.15, 0.2) is 0 Å². The minimum Gasteiger partial charge on any atom is -0.462 e. The molecule has 0 spiro atoms. The Morgan fingerprint density at radius 1 is 0.323 bits per heavy atom. The molecule has 0 heterocycles. The first-order chi connectivity index (χ1) is 30.1. The van der Waals surface area contributed by atoms with Gasteiger partial charge in [0.25, 0.3) is 0 Å². The monoisotopic (exact) mass is 877 g/mol. The van der Waals surface area contributed by atoms with Gasteiger partial charge in [-0.25, -0.2) is 0 Å². The fourth-order valence-electron chi connectivity index (χ4n) is 8.44. The third kappa shape index (κ3) is 47.9. The van der Waals surface area contributed by atoms with Crippen LogP contribution in [0.4, 0.5) is 0 Å². The zero-order valence-corrected chi connectivity index (χ0v) is 42.7. The Bertz CT molecular complexity index is 962. The maximum Gasteiger partial charge on any atom is 0.306 e. The lowest BCUT2D eigenvalue weighted by atomic mass is 9.99. The molecule has 0 aromatic carbocycles. The van der Waals surface area contributed by atoms with Gasteiger partial charge in [-0.1, -0.05) is 266 Å². The van der Waals surface area contributed by atoms with E-state index in [9.17, 15) is 14.4 Å². The van der Waals surface area contributed by atoms with Crippen LogP contribution in [0.2, 0.25) is 0 Å². The molecule has 0 radical (unpaired) electrons. The summed E-state index contributed by atoms with van der Waals surface area (Å²) in [7, 11) is 0. The second-order valence-electron chi connectivity index (χ2n) is 20.4. The van der Waals surface area contributed by atoms with Crippen molar-refractivity contribution in [3.05, 3.63) is 0 Å². The topological polar surface area (TPSA) is 78.9 Å². The number of rotatable bonds is 49. The van der Waals surface area contributed by atoms with Crippen molar-refractivity contribution in [2.45, 2.75) is 311 Å². The van der Waals surface area contributed by atoms with Crippen molar-refractivity contribution in [3.63, 3.8) is 0 Å². The number of esters is 3. The highest BCUT2D eigenvalue weighted by Crippen LogP contribution is 2.18. The molecular formula is C56H108O6. The Balaban J connectivity index is 4.30. The molecule has 0 amide bonds. The smallest absolute Gasteiger partial charge is 0.306 e. The molecule has 6 heteroatoms. The van der Waals surface area contributed by atoms with Gasteiger partial charge in [0.05, 0.1) is 0 Å². The number of carbonyl (C=O) groups excluding carboxylic acids is 3. The number of carbonyl (C=O) groups is 3. The van der Waals surface area contributed by atoms with Crippen molar-refractivity contribution >= 4 is 17.9 Å². The van der Waals surface area contributed by atoms with Gasteiger partial charge in [0.15, 0.2) is 6.10 Å². The molecule has 0 bridgehead atoms. The van der Waals surface area contributed by atoms with Crippen molar-refractivity contribution < 1.29 is 28.6 Å². The van der Waals surface area contributed by atoms with Crippen molar-refractivity contribution in [2.24, 2.45) is 17.8 Å². The van der Waals surface area contributed by atoms with Gasteiger partial charge in [-0.15, -0.1) is 0 Å². The first kappa shape index (κ1) is 60.4. The largest absolute Gasteiger partial charge is 0.462 e. The van der Waals surface area contributed by atoms with Crippen LogP contribution >= 0.6 is 0 Å². The average molecular weight is 877 g/mol. The maximum atomic E-state index is 12.8. The molecule has 0 aromatic rings. The quantitative estimate of drug-likeness (QED) is 0.0344. The number of unbranched alkanes of at least 4 members (excludes halogenated alkanes) is 31. The van der Waals surface area contributed by atoms with E-state index in [1.165, 1.54) is 186 Å². The molecule has 0 aliphatic carbocycles. The maximum absolute atomic E-state index is 12.8. The summed E-state index contributed by atoms with van der Waals surface area (Å²) in [6.45, 7) is 13.8. The third-order valence-corrected chi connectivity index (χ3v) is 13.0. The Hall–Kier alpha value is -1.59. The predicted molar refractivity (Wildman–Crippen MR) is 266 cm³/mol. The summed E-state index contributed by atoms with van der Waals surface area (Å²) in [5.74, 6) is 1.68. The van der Waals surface area contributed by atoms with Crippen LogP contribution in [0.1, 0.15) is 305 Å². The minimum absolute atomic E-state index is 0.0643. The van der Waals surface area contributed by atoms with E-state index < -0.39 is 6.10 Å². The fraction of sp³-hybridized carbons (Fsp3) is 0.946. The minimum atomic E-state index is -0.763. The molecule has 368 valence electrons. The summed E-state index contributed by atoms with van der Waals surface area (Å²) in [4.78, 5) is 38.0. The van der Waals surface area contributed by atoms with Gasteiger partial charge in [-0.2, -0.15) is 0 Å². The van der Waals surface area contributed by atoms with Crippen molar-refractivity contribution in [3.8, 4) is 0 Å². The molecule has 0 aliphatic rings. The molecule has 0 rings (SSSR count). The van der Waals surface area contributed by atoms with Crippen LogP contribution in [-0.4, -0.2) is 37.2 Å². The van der Waals surface area contributed by atoms with E-state index in [4.69, 9.17) is 14.2 Å². The Morgan fingerprint density at radius 3 is 0.839 bits per heavy atom. The van der Waals surface area contributed by atoms with Gasteiger partial charge in [0.2, 0.25) is 0 Å². The van der Waals surface area contributed by atoms with E-state index in [0.717, 1.165) is 75.5 Å². The number of hydrogen-bond acceptors (Lipinski definition) is 6. The second-order valence-corrected chi connectivity index (χ2v) is 20.4. The van der Waals surface area contributed by atoms with Crippen LogP contribution in [0.5, 0.6) is 0 Å². The SMILES string of the molecule is CCC(C)CCCCCCCCCCCCCCCCC(=O)O[C@@H](COC(=O)CCCCCCCCCCCCCC(C)C)COC(=O)CCCCCCCCCCCC(C)C. The van der Waals surface area contributed by atoms with Gasteiger partial charge in [0.1, 0.15) is 13.2 Å². The molecule has 62 heavy (non-hydrogen) atoms. The zero-order valence-electron chi connectivity index (χ0n) is 42.7. The first-order valence-corrected chi connectivity index (χ1v) is 27.6. The van der Waals surface area contributed by atoms with Crippen molar-refractivity contribution in [1.82, 2.24) is 0 Å². The standard InChI is InChI=1S/C56H108O6/c1-7-52(6)44-38-32-26-20-14-10-8-9-11-15-22-29-35-41-47-56(59)62-53(49-61-55(58)46-40-34-28-23-17-19-25-31-37-43-51(4)5)48-60-54(57)45-39-33-27-21-16-12-13-18-24-30-36-42-50(2)3/h50-53H,7-49H2,1-6H3/t52?,53-/m0/s1. The van der Waals surface area contributed by atoms with Crippen molar-refractivity contribution in [2.75, 3.05) is 13.2 Å². The molecule has 0 aromatic heterocycles. The lowest BCUT2D eigenvalue weighted by molar-refractivity contribution is -0.167. The van der Waals surface area contributed by atoms with E-state index in [2.05, 4.69) is 41.5 Å². The zero-order chi connectivity index (χ0) is 45.6. The molecule has 1 unspecified atom stereocenters. The lowest BCUT2D eigenvalue weighted by Crippen LogP contribution is -2.30. The van der Waals surface area contributed by atoms with Gasteiger partial charge < -0.3 is 14.2 Å². The summed E-state index contributed by atoms with van der Waals surface area (Å²) in [6, 6.07) is 0. The Labute approximate surface area is 387 Å². The van der Waals surface area contributed by atoms with Crippen LogP contribution in [0, 0.1) is 17.8 Å². The fourth-order valence-corrected chi connectivity index (χ4v) is 8.44. The second kappa shape index (κ2) is 47.4. The molecule has 0 aliphatic heterocycles. The molecule has 6 nitrogen and oxygen atoms in total. The molecular weight excluding hydrogens is 769 g/mol.